The number of benzene rings is 2. The number of rotatable bonds is 5. The van der Waals surface area contributed by atoms with Crippen LogP contribution in [0.1, 0.15) is 36.6 Å². The van der Waals surface area contributed by atoms with E-state index in [1.165, 1.54) is 24.3 Å². The average Bonchev–Trinajstić information content (AvgIpc) is 3.65. The third-order valence-electron chi connectivity index (χ3n) is 8.18. The predicted octanol–water partition coefficient (Wildman–Crippen LogP) is 3.79. The first kappa shape index (κ1) is 23.8. The lowest BCUT2D eigenvalue weighted by molar-refractivity contribution is -0.140. The van der Waals surface area contributed by atoms with Gasteiger partial charge in [0.15, 0.2) is 0 Å². The number of anilines is 1. The molecule has 1 atom stereocenters. The highest BCUT2D eigenvalue weighted by Crippen LogP contribution is 2.50. The maximum Gasteiger partial charge on any atom is 0.322 e. The van der Waals surface area contributed by atoms with Gasteiger partial charge in [-0.2, -0.15) is 0 Å². The van der Waals surface area contributed by atoms with Gasteiger partial charge in [-0.05, 0) is 60.7 Å². The molecule has 0 unspecified atom stereocenters. The lowest BCUT2D eigenvalue weighted by atomic mass is 9.68. The summed E-state index contributed by atoms with van der Waals surface area (Å²) >= 11 is 0. The second kappa shape index (κ2) is 8.76. The molecular formula is C28H31FN4O4. The van der Waals surface area contributed by atoms with Crippen LogP contribution < -0.4 is 10.1 Å². The van der Waals surface area contributed by atoms with Crippen LogP contribution in [-0.2, 0) is 17.3 Å². The Labute approximate surface area is 214 Å². The minimum atomic E-state index is -0.583. The average molecular weight is 507 g/mol. The number of halogens is 1. The SMILES string of the molecule is COc1ccc2c3c(n(C)c2c1)[C@H](CO)N(C(=O)Nc1ccc(F)cc1)CC31CN(C(=O)CC2CC2)C1. The number of nitrogens with one attached hydrogen (secondary N) is 1. The Morgan fingerprint density at radius 3 is 2.51 bits per heavy atom. The summed E-state index contributed by atoms with van der Waals surface area (Å²) in [6.45, 7) is 1.15. The Morgan fingerprint density at radius 2 is 1.86 bits per heavy atom. The van der Waals surface area contributed by atoms with E-state index in [0.717, 1.165) is 40.8 Å². The molecule has 3 aromatic rings. The van der Waals surface area contributed by atoms with Crippen molar-refractivity contribution in [1.82, 2.24) is 14.4 Å². The summed E-state index contributed by atoms with van der Waals surface area (Å²) in [4.78, 5) is 30.0. The summed E-state index contributed by atoms with van der Waals surface area (Å²) in [5.41, 5.74) is 2.92. The van der Waals surface area contributed by atoms with Crippen molar-refractivity contribution in [3.63, 3.8) is 0 Å². The van der Waals surface area contributed by atoms with E-state index >= 15 is 0 Å². The van der Waals surface area contributed by atoms with E-state index in [9.17, 15) is 19.1 Å². The van der Waals surface area contributed by atoms with E-state index in [4.69, 9.17) is 4.74 Å². The molecular weight excluding hydrogens is 475 g/mol. The van der Waals surface area contributed by atoms with Crippen LogP contribution in [-0.4, -0.2) is 64.8 Å². The Bertz CT molecular complexity index is 1380. The minimum absolute atomic E-state index is 0.170. The molecule has 2 N–H and O–H groups in total. The largest absolute Gasteiger partial charge is 0.497 e. The number of amides is 3. The van der Waals surface area contributed by atoms with Gasteiger partial charge in [0, 0.05) is 55.9 Å². The smallest absolute Gasteiger partial charge is 0.322 e. The summed E-state index contributed by atoms with van der Waals surface area (Å²) in [6.07, 6.45) is 2.83. The first-order valence-corrected chi connectivity index (χ1v) is 12.7. The lowest BCUT2D eigenvalue weighted by Crippen LogP contribution is -2.68. The van der Waals surface area contributed by atoms with E-state index in [0.29, 0.717) is 37.7 Å². The van der Waals surface area contributed by atoms with Crippen LogP contribution in [0.2, 0.25) is 0 Å². The van der Waals surface area contributed by atoms with Gasteiger partial charge in [-0.1, -0.05) is 0 Å². The molecule has 3 heterocycles. The molecule has 1 saturated heterocycles. The van der Waals surface area contributed by atoms with Crippen LogP contribution in [0.15, 0.2) is 42.5 Å². The fraction of sp³-hybridized carbons (Fsp3) is 0.429. The van der Waals surface area contributed by atoms with Crippen molar-refractivity contribution in [3.8, 4) is 5.75 Å². The van der Waals surface area contributed by atoms with E-state index in [2.05, 4.69) is 5.32 Å². The molecule has 2 aliphatic heterocycles. The number of aliphatic hydroxyl groups is 1. The van der Waals surface area contributed by atoms with E-state index in [1.807, 2.05) is 34.7 Å². The number of carbonyl (C=O) groups is 2. The molecule has 1 aliphatic carbocycles. The first-order valence-electron chi connectivity index (χ1n) is 12.7. The monoisotopic (exact) mass is 506 g/mol. The normalized spacial score (nSPS) is 20.1. The van der Waals surface area contributed by atoms with Crippen LogP contribution >= 0.6 is 0 Å². The van der Waals surface area contributed by atoms with Crippen molar-refractivity contribution in [2.75, 3.05) is 38.7 Å². The zero-order valence-corrected chi connectivity index (χ0v) is 21.0. The van der Waals surface area contributed by atoms with Crippen LogP contribution in [0.3, 0.4) is 0 Å². The number of fused-ring (bicyclic) bond motifs is 4. The molecule has 0 bridgehead atoms. The number of aromatic nitrogens is 1. The van der Waals surface area contributed by atoms with Crippen molar-refractivity contribution in [3.05, 3.63) is 59.5 Å². The predicted molar refractivity (Wildman–Crippen MR) is 137 cm³/mol. The Kier molecular flexibility index (Phi) is 5.63. The number of likely N-dealkylation sites (tertiary alicyclic amines) is 1. The number of aliphatic hydroxyl groups excluding tert-OH is 1. The number of ether oxygens (including phenoxy) is 1. The third-order valence-corrected chi connectivity index (χ3v) is 8.18. The van der Waals surface area contributed by atoms with Crippen molar-refractivity contribution in [1.29, 1.82) is 0 Å². The minimum Gasteiger partial charge on any atom is -0.497 e. The Balaban J connectivity index is 1.41. The zero-order chi connectivity index (χ0) is 25.9. The van der Waals surface area contributed by atoms with Gasteiger partial charge in [0.05, 0.1) is 30.7 Å². The molecule has 1 saturated carbocycles. The molecule has 194 valence electrons. The van der Waals surface area contributed by atoms with Crippen molar-refractivity contribution < 1.29 is 23.8 Å². The highest BCUT2D eigenvalue weighted by atomic mass is 19.1. The second-order valence-corrected chi connectivity index (χ2v) is 10.6. The molecule has 0 radical (unpaired) electrons. The van der Waals surface area contributed by atoms with Gasteiger partial charge in [0.2, 0.25) is 5.91 Å². The maximum absolute atomic E-state index is 13.6. The fourth-order valence-electron chi connectivity index (χ4n) is 6.12. The molecule has 1 spiro atoms. The van der Waals surface area contributed by atoms with E-state index in [1.54, 1.807) is 12.0 Å². The van der Waals surface area contributed by atoms with Gasteiger partial charge in [-0.3, -0.25) is 4.79 Å². The van der Waals surface area contributed by atoms with Crippen LogP contribution in [0.25, 0.3) is 10.9 Å². The van der Waals surface area contributed by atoms with Crippen LogP contribution in [0, 0.1) is 11.7 Å². The molecule has 6 rings (SSSR count). The zero-order valence-electron chi connectivity index (χ0n) is 21.0. The molecule has 9 heteroatoms. The number of carbonyl (C=O) groups excluding carboxylic acids is 2. The highest BCUT2D eigenvalue weighted by Gasteiger charge is 2.55. The van der Waals surface area contributed by atoms with Crippen LogP contribution in [0.4, 0.5) is 14.9 Å². The van der Waals surface area contributed by atoms with Gasteiger partial charge in [-0.25, -0.2) is 9.18 Å². The lowest BCUT2D eigenvalue weighted by Gasteiger charge is -2.56. The molecule has 37 heavy (non-hydrogen) atoms. The number of methoxy groups -OCH3 is 1. The summed E-state index contributed by atoms with van der Waals surface area (Å²) < 4.78 is 20.9. The summed E-state index contributed by atoms with van der Waals surface area (Å²) in [6, 6.07) is 10.6. The number of hydrogen-bond donors (Lipinski definition) is 2. The molecule has 1 aromatic heterocycles. The maximum atomic E-state index is 13.6. The summed E-state index contributed by atoms with van der Waals surface area (Å²) in [5.74, 6) is 1.01. The Morgan fingerprint density at radius 1 is 1.14 bits per heavy atom. The van der Waals surface area contributed by atoms with Gasteiger partial charge >= 0.3 is 6.03 Å². The molecule has 2 aromatic carbocycles. The van der Waals surface area contributed by atoms with Gasteiger partial charge in [0.1, 0.15) is 11.6 Å². The number of nitrogens with zero attached hydrogens (tertiary/aromatic N) is 3. The topological polar surface area (TPSA) is 87.0 Å². The molecule has 8 nitrogen and oxygen atoms in total. The fourth-order valence-corrected chi connectivity index (χ4v) is 6.12. The molecule has 2 fully saturated rings. The van der Waals surface area contributed by atoms with Crippen molar-refractivity contribution in [2.45, 2.75) is 30.7 Å². The van der Waals surface area contributed by atoms with Crippen molar-refractivity contribution in [2.24, 2.45) is 13.0 Å². The number of hydrogen-bond acceptors (Lipinski definition) is 4. The number of aryl methyl sites for hydroxylation is 1. The highest BCUT2D eigenvalue weighted by molar-refractivity contribution is 5.93. The molecule has 3 amide bonds. The van der Waals surface area contributed by atoms with E-state index < -0.39 is 11.5 Å². The third kappa shape index (κ3) is 3.92. The standard InChI is InChI=1S/C28H31FN4O4/c1-31-22-12-20(37-2)9-10-21(22)25-26(31)23(13-34)33(27(36)30-19-7-5-18(29)6-8-19)16-28(25)14-32(15-28)24(35)11-17-3-4-17/h5-10,12,17,23,34H,3-4,11,13-16H2,1-2H3,(H,30,36)/t23-/m0/s1. The number of urea groups is 1. The van der Waals surface area contributed by atoms with Crippen molar-refractivity contribution >= 4 is 28.5 Å². The van der Waals surface area contributed by atoms with Crippen LogP contribution in [0.5, 0.6) is 5.75 Å². The Hall–Kier alpha value is -3.59. The van der Waals surface area contributed by atoms with Gasteiger partial charge in [0.25, 0.3) is 0 Å². The summed E-state index contributed by atoms with van der Waals surface area (Å²) in [7, 11) is 3.56. The summed E-state index contributed by atoms with van der Waals surface area (Å²) in [5, 5.41) is 14.4. The van der Waals surface area contributed by atoms with Gasteiger partial charge < -0.3 is 29.5 Å². The second-order valence-electron chi connectivity index (χ2n) is 10.6. The quantitative estimate of drug-likeness (QED) is 0.551. The van der Waals surface area contributed by atoms with Gasteiger partial charge in [-0.15, -0.1) is 0 Å². The first-order chi connectivity index (χ1) is 17.8. The van der Waals surface area contributed by atoms with E-state index in [-0.39, 0.29) is 24.4 Å². The molecule has 3 aliphatic rings.